The fraction of sp³-hybridized carbons (Fsp3) is 0.304. The smallest absolute Gasteiger partial charge is 0.0504 e. The van der Waals surface area contributed by atoms with Crippen LogP contribution in [0.2, 0.25) is 0 Å². The Morgan fingerprint density at radius 1 is 1.24 bits per heavy atom. The van der Waals surface area contributed by atoms with Crippen LogP contribution in [-0.4, -0.2) is 43.7 Å². The molecule has 2 nitrogen and oxygen atoms in total. The topological polar surface area (TPSA) is 6.48 Å². The molecule has 0 aromatic rings. The van der Waals surface area contributed by atoms with Gasteiger partial charge in [0, 0.05) is 19.0 Å². The van der Waals surface area contributed by atoms with Crippen molar-refractivity contribution < 1.29 is 0 Å². The van der Waals surface area contributed by atoms with Gasteiger partial charge in [-0.05, 0) is 32.2 Å². The highest BCUT2D eigenvalue weighted by Gasteiger charge is 2.10. The highest BCUT2D eigenvalue weighted by molar-refractivity contribution is 5.36. The van der Waals surface area contributed by atoms with E-state index >= 15 is 0 Å². The summed E-state index contributed by atoms with van der Waals surface area (Å²) in [5.41, 5.74) is 2.28. The Morgan fingerprint density at radius 3 is 2.68 bits per heavy atom. The van der Waals surface area contributed by atoms with E-state index in [1.54, 1.807) is 0 Å². The first kappa shape index (κ1) is 20.9. The molecule has 0 amide bonds. The number of nitrogens with zero attached hydrogens (tertiary/aromatic N) is 2. The lowest BCUT2D eigenvalue weighted by Gasteiger charge is -2.26. The second-order valence-corrected chi connectivity index (χ2v) is 6.33. The summed E-state index contributed by atoms with van der Waals surface area (Å²) >= 11 is 0. The van der Waals surface area contributed by atoms with Crippen molar-refractivity contribution in [2.24, 2.45) is 5.92 Å². The van der Waals surface area contributed by atoms with E-state index in [1.807, 2.05) is 25.2 Å². The fourth-order valence-corrected chi connectivity index (χ4v) is 2.58. The Bertz CT molecular complexity index is 598. The van der Waals surface area contributed by atoms with E-state index in [0.29, 0.717) is 5.92 Å². The molecule has 0 radical (unpaired) electrons. The highest BCUT2D eigenvalue weighted by Crippen LogP contribution is 2.13. The van der Waals surface area contributed by atoms with Crippen LogP contribution in [0.4, 0.5) is 0 Å². The molecule has 0 heterocycles. The second-order valence-electron chi connectivity index (χ2n) is 6.33. The molecule has 1 aliphatic rings. The number of allylic oxidation sites excluding steroid dienone is 11. The summed E-state index contributed by atoms with van der Waals surface area (Å²) in [6, 6.07) is 0. The molecule has 0 fully saturated rings. The van der Waals surface area contributed by atoms with Gasteiger partial charge < -0.3 is 0 Å². The summed E-state index contributed by atoms with van der Waals surface area (Å²) in [6.45, 7) is 12.5. The monoisotopic (exact) mass is 336 g/mol. The van der Waals surface area contributed by atoms with Gasteiger partial charge in [0.05, 0.1) is 6.67 Å². The summed E-state index contributed by atoms with van der Waals surface area (Å²) < 4.78 is 0. The maximum absolute atomic E-state index is 3.84. The maximum Gasteiger partial charge on any atom is 0.0504 e. The minimum Gasteiger partial charge on any atom is -0.297 e. The standard InChI is InChI=1S/C23H32N2/c1-6-12-21(7-2)13-9-10-18-25(20-24(4)5)19-23-15-11-14-22(8-3)16-17-23/h6-17,23H,2-3,18-20H2,1,4-5H3/b10-9+,12-6-,21-13-. The van der Waals surface area contributed by atoms with Gasteiger partial charge in [-0.25, -0.2) is 0 Å². The largest absolute Gasteiger partial charge is 0.297 e. The normalized spacial score (nSPS) is 18.4. The molecular formula is C23H32N2. The first-order valence-corrected chi connectivity index (χ1v) is 8.77. The van der Waals surface area contributed by atoms with Gasteiger partial charge in [-0.15, -0.1) is 0 Å². The van der Waals surface area contributed by atoms with E-state index < -0.39 is 0 Å². The van der Waals surface area contributed by atoms with Gasteiger partial charge in [0.2, 0.25) is 0 Å². The second kappa shape index (κ2) is 12.2. The third-order valence-electron chi connectivity index (χ3n) is 3.75. The Hall–Kier alpha value is -2.16. The minimum absolute atomic E-state index is 0.407. The van der Waals surface area contributed by atoms with Crippen molar-refractivity contribution >= 4 is 0 Å². The van der Waals surface area contributed by atoms with Gasteiger partial charge in [0.1, 0.15) is 0 Å². The Morgan fingerprint density at radius 2 is 2.04 bits per heavy atom. The molecule has 25 heavy (non-hydrogen) atoms. The van der Waals surface area contributed by atoms with Gasteiger partial charge in [0.15, 0.2) is 0 Å². The van der Waals surface area contributed by atoms with E-state index in [-0.39, 0.29) is 0 Å². The molecule has 0 saturated carbocycles. The van der Waals surface area contributed by atoms with Crippen LogP contribution >= 0.6 is 0 Å². The Kier molecular flexibility index (Phi) is 10.2. The van der Waals surface area contributed by atoms with Crippen molar-refractivity contribution in [3.8, 4) is 0 Å². The zero-order valence-electron chi connectivity index (χ0n) is 15.9. The van der Waals surface area contributed by atoms with Crippen LogP contribution in [0.15, 0.2) is 97.2 Å². The average molecular weight is 337 g/mol. The summed E-state index contributed by atoms with van der Waals surface area (Å²) in [4.78, 5) is 4.64. The molecular weight excluding hydrogens is 304 g/mol. The molecule has 2 heteroatoms. The van der Waals surface area contributed by atoms with E-state index in [0.717, 1.165) is 30.9 Å². The van der Waals surface area contributed by atoms with Crippen LogP contribution < -0.4 is 0 Å². The first-order chi connectivity index (χ1) is 12.1. The zero-order valence-corrected chi connectivity index (χ0v) is 15.9. The molecule has 0 saturated heterocycles. The van der Waals surface area contributed by atoms with E-state index in [1.165, 1.54) is 0 Å². The number of rotatable bonds is 10. The molecule has 134 valence electrons. The zero-order chi connectivity index (χ0) is 18.5. The van der Waals surface area contributed by atoms with E-state index in [2.05, 4.69) is 91.7 Å². The van der Waals surface area contributed by atoms with Crippen molar-refractivity contribution in [1.82, 2.24) is 9.80 Å². The SMILES string of the molecule is C=CC1=CC=CC(CN(C/C=C/C=C(C=C)\C=C/C)CN(C)C)C=C1. The van der Waals surface area contributed by atoms with Crippen LogP contribution in [0.25, 0.3) is 0 Å². The van der Waals surface area contributed by atoms with E-state index in [9.17, 15) is 0 Å². The van der Waals surface area contributed by atoms with Crippen LogP contribution in [-0.2, 0) is 0 Å². The highest BCUT2D eigenvalue weighted by atomic mass is 15.3. The Labute approximate surface area is 154 Å². The molecule has 0 bridgehead atoms. The molecule has 0 spiro atoms. The van der Waals surface area contributed by atoms with Crippen molar-refractivity contribution in [1.29, 1.82) is 0 Å². The van der Waals surface area contributed by atoms with Gasteiger partial charge in [-0.2, -0.15) is 0 Å². The van der Waals surface area contributed by atoms with Gasteiger partial charge >= 0.3 is 0 Å². The maximum atomic E-state index is 3.84. The number of hydrogen-bond donors (Lipinski definition) is 0. The average Bonchev–Trinajstić information content (AvgIpc) is 2.82. The summed E-state index contributed by atoms with van der Waals surface area (Å²) in [5, 5.41) is 0. The first-order valence-electron chi connectivity index (χ1n) is 8.77. The molecule has 0 aromatic carbocycles. The minimum atomic E-state index is 0.407. The predicted octanol–water partition coefficient (Wildman–Crippen LogP) is 4.91. The van der Waals surface area contributed by atoms with E-state index in [4.69, 9.17) is 0 Å². The van der Waals surface area contributed by atoms with Crippen LogP contribution in [0.5, 0.6) is 0 Å². The lowest BCUT2D eigenvalue weighted by atomic mass is 10.1. The molecule has 0 aliphatic heterocycles. The third-order valence-corrected chi connectivity index (χ3v) is 3.75. The molecule has 1 unspecified atom stereocenters. The molecule has 1 rings (SSSR count). The lowest BCUT2D eigenvalue weighted by Crippen LogP contribution is -2.36. The van der Waals surface area contributed by atoms with Crippen molar-refractivity contribution in [2.45, 2.75) is 6.92 Å². The van der Waals surface area contributed by atoms with Crippen LogP contribution in [0, 0.1) is 5.92 Å². The molecule has 0 N–H and O–H groups in total. The van der Waals surface area contributed by atoms with Gasteiger partial charge in [-0.1, -0.05) is 86.1 Å². The fourth-order valence-electron chi connectivity index (χ4n) is 2.58. The summed E-state index contributed by atoms with van der Waals surface area (Å²) in [5.74, 6) is 0.407. The van der Waals surface area contributed by atoms with Crippen LogP contribution in [0.3, 0.4) is 0 Å². The van der Waals surface area contributed by atoms with Crippen molar-refractivity contribution in [3.63, 3.8) is 0 Å². The molecule has 0 aromatic heterocycles. The quantitative estimate of drug-likeness (QED) is 0.413. The summed E-state index contributed by atoms with van der Waals surface area (Å²) in [7, 11) is 4.21. The molecule has 1 aliphatic carbocycles. The lowest BCUT2D eigenvalue weighted by molar-refractivity contribution is 0.184. The third kappa shape index (κ3) is 9.04. The molecule has 1 atom stereocenters. The van der Waals surface area contributed by atoms with Crippen LogP contribution in [0.1, 0.15) is 6.92 Å². The Balaban J connectivity index is 2.69. The van der Waals surface area contributed by atoms with Crippen molar-refractivity contribution in [2.75, 3.05) is 33.9 Å². The van der Waals surface area contributed by atoms with Gasteiger partial charge in [0.25, 0.3) is 0 Å². The number of hydrogen-bond acceptors (Lipinski definition) is 2. The predicted molar refractivity (Wildman–Crippen MR) is 112 cm³/mol. The summed E-state index contributed by atoms with van der Waals surface area (Å²) in [6.07, 6.45) is 25.1. The van der Waals surface area contributed by atoms with Gasteiger partial charge in [-0.3, -0.25) is 9.80 Å². The van der Waals surface area contributed by atoms with Crippen molar-refractivity contribution in [3.05, 3.63) is 97.2 Å².